The maximum atomic E-state index is 6.00. The molecule has 4 aliphatic carbocycles. The first-order valence-corrected chi connectivity index (χ1v) is 8.78. The molecule has 106 valence electrons. The number of rotatable bonds is 3. The van der Waals surface area contributed by atoms with E-state index in [4.69, 9.17) is 4.74 Å². The van der Waals surface area contributed by atoms with E-state index >= 15 is 0 Å². The zero-order valence-electron chi connectivity index (χ0n) is 11.9. The Morgan fingerprint density at radius 1 is 0.737 bits per heavy atom. The van der Waals surface area contributed by atoms with Crippen LogP contribution in [0.5, 0.6) is 0 Å². The lowest BCUT2D eigenvalue weighted by Crippen LogP contribution is -2.48. The highest BCUT2D eigenvalue weighted by Crippen LogP contribution is 2.58. The van der Waals surface area contributed by atoms with Gasteiger partial charge in [0, 0.05) is 18.7 Å². The van der Waals surface area contributed by atoms with E-state index in [1.165, 1.54) is 38.5 Å². The van der Waals surface area contributed by atoms with Crippen molar-refractivity contribution in [1.82, 2.24) is 5.32 Å². The van der Waals surface area contributed by atoms with Gasteiger partial charge in [-0.2, -0.15) is 0 Å². The molecule has 5 fully saturated rings. The van der Waals surface area contributed by atoms with E-state index in [9.17, 15) is 0 Å². The molecule has 1 aliphatic heterocycles. The summed E-state index contributed by atoms with van der Waals surface area (Å²) in [6.45, 7) is 1.01. The number of hydrogen-bond donors (Lipinski definition) is 1. The second-order valence-corrected chi connectivity index (χ2v) is 8.00. The first-order valence-electron chi connectivity index (χ1n) is 8.78. The van der Waals surface area contributed by atoms with Crippen LogP contribution in [0.4, 0.5) is 0 Å². The molecule has 1 saturated heterocycles. The molecule has 1 heterocycles. The molecule has 4 saturated carbocycles. The summed E-state index contributed by atoms with van der Waals surface area (Å²) >= 11 is 0. The van der Waals surface area contributed by atoms with Crippen molar-refractivity contribution in [2.45, 2.75) is 69.6 Å². The van der Waals surface area contributed by atoms with Crippen LogP contribution in [-0.2, 0) is 4.74 Å². The molecule has 7 atom stereocenters. The molecule has 2 bridgehead atoms. The lowest BCUT2D eigenvalue weighted by molar-refractivity contribution is 0.0741. The standard InChI is InChI=1S/C17H27NO/c1-2-12-11-8-14(13(12)3-1)16(9-11)18-15-6-7-19-17(15)10-4-5-10/h10-18H,1-9H2. The van der Waals surface area contributed by atoms with Crippen LogP contribution >= 0.6 is 0 Å². The number of ether oxygens (including phenoxy) is 1. The van der Waals surface area contributed by atoms with E-state index in [1.807, 2.05) is 0 Å². The Bertz CT molecular complexity index is 366. The minimum absolute atomic E-state index is 0.568. The molecule has 5 rings (SSSR count). The van der Waals surface area contributed by atoms with Crippen LogP contribution < -0.4 is 5.32 Å². The van der Waals surface area contributed by atoms with E-state index in [0.717, 1.165) is 42.2 Å². The SMILES string of the molecule is C1CC2C3CC(NC4CCOC4C4CC4)C(C3)C2C1. The van der Waals surface area contributed by atoms with E-state index < -0.39 is 0 Å². The van der Waals surface area contributed by atoms with Crippen molar-refractivity contribution >= 4 is 0 Å². The van der Waals surface area contributed by atoms with Crippen LogP contribution in [0, 0.1) is 29.6 Å². The van der Waals surface area contributed by atoms with Gasteiger partial charge in [0.05, 0.1) is 6.10 Å². The maximum Gasteiger partial charge on any atom is 0.0757 e. The smallest absolute Gasteiger partial charge is 0.0757 e. The minimum atomic E-state index is 0.568. The molecule has 5 aliphatic rings. The second-order valence-electron chi connectivity index (χ2n) is 8.00. The Labute approximate surface area is 116 Å². The number of hydrogen-bond acceptors (Lipinski definition) is 2. The van der Waals surface area contributed by atoms with Crippen molar-refractivity contribution in [1.29, 1.82) is 0 Å². The zero-order chi connectivity index (χ0) is 12.4. The van der Waals surface area contributed by atoms with E-state index in [1.54, 1.807) is 12.8 Å². The Hall–Kier alpha value is -0.0800. The summed E-state index contributed by atoms with van der Waals surface area (Å²) < 4.78 is 6.00. The van der Waals surface area contributed by atoms with Crippen LogP contribution in [0.15, 0.2) is 0 Å². The molecular weight excluding hydrogens is 234 g/mol. The van der Waals surface area contributed by atoms with Gasteiger partial charge in [0.1, 0.15) is 0 Å². The van der Waals surface area contributed by atoms with Crippen molar-refractivity contribution in [3.05, 3.63) is 0 Å². The van der Waals surface area contributed by atoms with E-state index in [2.05, 4.69) is 5.32 Å². The van der Waals surface area contributed by atoms with Crippen LogP contribution in [0.2, 0.25) is 0 Å². The highest BCUT2D eigenvalue weighted by atomic mass is 16.5. The summed E-state index contributed by atoms with van der Waals surface area (Å²) in [5.74, 6) is 5.23. The van der Waals surface area contributed by atoms with Crippen molar-refractivity contribution < 1.29 is 4.74 Å². The monoisotopic (exact) mass is 261 g/mol. The first kappa shape index (κ1) is 11.6. The van der Waals surface area contributed by atoms with Gasteiger partial charge in [0.25, 0.3) is 0 Å². The van der Waals surface area contributed by atoms with E-state index in [-0.39, 0.29) is 0 Å². The largest absolute Gasteiger partial charge is 0.376 e. The quantitative estimate of drug-likeness (QED) is 0.843. The average molecular weight is 261 g/mol. The predicted molar refractivity (Wildman–Crippen MR) is 74.8 cm³/mol. The van der Waals surface area contributed by atoms with Gasteiger partial charge in [-0.3, -0.25) is 0 Å². The van der Waals surface area contributed by atoms with Gasteiger partial charge in [-0.25, -0.2) is 0 Å². The molecule has 1 N–H and O–H groups in total. The fraction of sp³-hybridized carbons (Fsp3) is 1.00. The fourth-order valence-electron chi connectivity index (χ4n) is 6.21. The van der Waals surface area contributed by atoms with Gasteiger partial charge in [0.2, 0.25) is 0 Å². The Morgan fingerprint density at radius 2 is 1.63 bits per heavy atom. The van der Waals surface area contributed by atoms with Gasteiger partial charge in [-0.05, 0) is 74.5 Å². The molecule has 7 unspecified atom stereocenters. The average Bonchev–Trinajstić information content (AvgIpc) is 2.87. The van der Waals surface area contributed by atoms with Crippen molar-refractivity contribution in [2.75, 3.05) is 6.61 Å². The fourth-order valence-corrected chi connectivity index (χ4v) is 6.21. The Balaban J connectivity index is 1.28. The molecule has 0 aromatic rings. The van der Waals surface area contributed by atoms with Crippen LogP contribution in [0.25, 0.3) is 0 Å². The lowest BCUT2D eigenvalue weighted by atomic mass is 9.78. The minimum Gasteiger partial charge on any atom is -0.376 e. The first-order chi connectivity index (χ1) is 9.40. The number of fused-ring (bicyclic) bond motifs is 5. The molecule has 0 spiro atoms. The van der Waals surface area contributed by atoms with E-state index in [0.29, 0.717) is 12.1 Å². The van der Waals surface area contributed by atoms with Crippen molar-refractivity contribution in [3.63, 3.8) is 0 Å². The Kier molecular flexibility index (Phi) is 2.56. The van der Waals surface area contributed by atoms with Crippen LogP contribution in [0.1, 0.15) is 51.4 Å². The molecule has 0 aromatic heterocycles. The summed E-state index contributed by atoms with van der Waals surface area (Å²) in [4.78, 5) is 0. The predicted octanol–water partition coefficient (Wildman–Crippen LogP) is 2.97. The van der Waals surface area contributed by atoms with Crippen LogP contribution in [-0.4, -0.2) is 24.8 Å². The molecular formula is C17H27NO. The second kappa shape index (κ2) is 4.21. The normalized spacial score (nSPS) is 55.9. The number of nitrogens with one attached hydrogen (secondary N) is 1. The summed E-state index contributed by atoms with van der Waals surface area (Å²) in [6.07, 6.45) is 12.3. The third-order valence-electron chi connectivity index (χ3n) is 7.08. The highest BCUT2D eigenvalue weighted by Gasteiger charge is 2.54. The molecule has 19 heavy (non-hydrogen) atoms. The van der Waals surface area contributed by atoms with Gasteiger partial charge in [-0.15, -0.1) is 0 Å². The van der Waals surface area contributed by atoms with Gasteiger partial charge in [-0.1, -0.05) is 6.42 Å². The van der Waals surface area contributed by atoms with Crippen molar-refractivity contribution in [3.8, 4) is 0 Å². The van der Waals surface area contributed by atoms with Crippen molar-refractivity contribution in [2.24, 2.45) is 29.6 Å². The van der Waals surface area contributed by atoms with Gasteiger partial charge >= 0.3 is 0 Å². The topological polar surface area (TPSA) is 21.3 Å². The molecule has 2 nitrogen and oxygen atoms in total. The van der Waals surface area contributed by atoms with Crippen LogP contribution in [0.3, 0.4) is 0 Å². The third-order valence-corrected chi connectivity index (χ3v) is 7.08. The lowest BCUT2D eigenvalue weighted by Gasteiger charge is -2.35. The summed E-state index contributed by atoms with van der Waals surface area (Å²) in [6, 6.07) is 1.54. The molecule has 2 heteroatoms. The molecule has 0 radical (unpaired) electrons. The summed E-state index contributed by atoms with van der Waals surface area (Å²) in [7, 11) is 0. The maximum absolute atomic E-state index is 6.00. The summed E-state index contributed by atoms with van der Waals surface area (Å²) in [5.41, 5.74) is 0. The molecule has 0 aromatic carbocycles. The highest BCUT2D eigenvalue weighted by molar-refractivity contribution is 5.07. The Morgan fingerprint density at radius 3 is 2.53 bits per heavy atom. The zero-order valence-corrected chi connectivity index (χ0v) is 11.9. The molecule has 0 amide bonds. The van der Waals surface area contributed by atoms with Gasteiger partial charge < -0.3 is 10.1 Å². The summed E-state index contributed by atoms with van der Waals surface area (Å²) in [5, 5.41) is 4.07. The van der Waals surface area contributed by atoms with Gasteiger partial charge in [0.15, 0.2) is 0 Å². The third kappa shape index (κ3) is 1.75.